The zero-order valence-electron chi connectivity index (χ0n) is 12.5. The third-order valence-electron chi connectivity index (χ3n) is 3.09. The van der Waals surface area contributed by atoms with Crippen molar-refractivity contribution >= 4 is 29.9 Å². The van der Waals surface area contributed by atoms with Gasteiger partial charge in [-0.15, -0.1) is 12.4 Å². The number of halogens is 2. The molecule has 3 N–H and O–H groups in total. The molecule has 0 bridgehead atoms. The van der Waals surface area contributed by atoms with Crippen molar-refractivity contribution in [3.05, 3.63) is 41.0 Å². The van der Waals surface area contributed by atoms with Crippen LogP contribution in [0.15, 0.2) is 30.3 Å². The van der Waals surface area contributed by atoms with Crippen LogP contribution in [0.5, 0.6) is 0 Å². The number of rotatable bonds is 6. The topological polar surface area (TPSA) is 69.8 Å². The molecule has 1 aromatic heterocycles. The van der Waals surface area contributed by atoms with Gasteiger partial charge in [0.15, 0.2) is 0 Å². The monoisotopic (exact) mass is 342 g/mol. The first kappa shape index (κ1) is 18.5. The van der Waals surface area contributed by atoms with Gasteiger partial charge in [0.1, 0.15) is 5.69 Å². The SMILES string of the molecule is CCN[C@H](C)CNC(=O)c1cc(-c2ccccc2Cl)n[nH]1.Cl. The van der Waals surface area contributed by atoms with Crippen LogP contribution in [0.2, 0.25) is 5.02 Å². The molecular weight excluding hydrogens is 323 g/mol. The van der Waals surface area contributed by atoms with Crippen LogP contribution >= 0.6 is 24.0 Å². The number of amides is 1. The number of hydrogen-bond acceptors (Lipinski definition) is 3. The molecule has 0 radical (unpaired) electrons. The fourth-order valence-electron chi connectivity index (χ4n) is 2.01. The lowest BCUT2D eigenvalue weighted by atomic mass is 10.1. The highest BCUT2D eigenvalue weighted by Gasteiger charge is 2.13. The number of aromatic amines is 1. The zero-order chi connectivity index (χ0) is 15.2. The lowest BCUT2D eigenvalue weighted by Crippen LogP contribution is -2.38. The summed E-state index contributed by atoms with van der Waals surface area (Å²) in [6, 6.07) is 9.33. The molecule has 2 rings (SSSR count). The third kappa shape index (κ3) is 4.73. The Labute approximate surface area is 141 Å². The van der Waals surface area contributed by atoms with E-state index >= 15 is 0 Å². The maximum absolute atomic E-state index is 12.0. The van der Waals surface area contributed by atoms with Gasteiger partial charge in [0, 0.05) is 18.2 Å². The molecule has 22 heavy (non-hydrogen) atoms. The highest BCUT2D eigenvalue weighted by atomic mass is 35.5. The van der Waals surface area contributed by atoms with E-state index in [9.17, 15) is 4.79 Å². The predicted molar refractivity (Wildman–Crippen MR) is 91.8 cm³/mol. The molecule has 0 saturated carbocycles. The molecule has 0 aliphatic heterocycles. The summed E-state index contributed by atoms with van der Waals surface area (Å²) in [5, 5.41) is 13.6. The third-order valence-corrected chi connectivity index (χ3v) is 3.42. The van der Waals surface area contributed by atoms with E-state index in [1.807, 2.05) is 32.0 Å². The van der Waals surface area contributed by atoms with Crippen LogP contribution in [0.4, 0.5) is 0 Å². The summed E-state index contributed by atoms with van der Waals surface area (Å²) < 4.78 is 0. The summed E-state index contributed by atoms with van der Waals surface area (Å²) >= 11 is 6.12. The summed E-state index contributed by atoms with van der Waals surface area (Å²) in [4.78, 5) is 12.0. The average Bonchev–Trinajstić information content (AvgIpc) is 2.95. The normalized spacial score (nSPS) is 11.6. The van der Waals surface area contributed by atoms with Gasteiger partial charge in [0.25, 0.3) is 5.91 Å². The Kier molecular flexibility index (Phi) is 7.38. The quantitative estimate of drug-likeness (QED) is 0.755. The van der Waals surface area contributed by atoms with E-state index in [0.717, 1.165) is 12.1 Å². The molecule has 0 spiro atoms. The van der Waals surface area contributed by atoms with Crippen LogP contribution in [-0.2, 0) is 0 Å². The summed E-state index contributed by atoms with van der Waals surface area (Å²) in [6.07, 6.45) is 0. The van der Waals surface area contributed by atoms with Gasteiger partial charge in [-0.3, -0.25) is 9.89 Å². The van der Waals surface area contributed by atoms with Crippen molar-refractivity contribution in [1.29, 1.82) is 0 Å². The molecule has 7 heteroatoms. The summed E-state index contributed by atoms with van der Waals surface area (Å²) in [7, 11) is 0. The minimum Gasteiger partial charge on any atom is -0.349 e. The highest BCUT2D eigenvalue weighted by Crippen LogP contribution is 2.26. The number of nitrogens with one attached hydrogen (secondary N) is 3. The number of hydrogen-bond donors (Lipinski definition) is 3. The van der Waals surface area contributed by atoms with Crippen molar-refractivity contribution in [2.75, 3.05) is 13.1 Å². The predicted octanol–water partition coefficient (Wildman–Crippen LogP) is 2.88. The molecule has 0 saturated heterocycles. The minimum absolute atomic E-state index is 0. The van der Waals surface area contributed by atoms with E-state index in [1.54, 1.807) is 12.1 Å². The number of carbonyl (C=O) groups excluding carboxylic acids is 1. The number of H-pyrrole nitrogens is 1. The fraction of sp³-hybridized carbons (Fsp3) is 0.333. The van der Waals surface area contributed by atoms with Gasteiger partial charge >= 0.3 is 0 Å². The minimum atomic E-state index is -0.175. The van der Waals surface area contributed by atoms with Crippen molar-refractivity contribution in [1.82, 2.24) is 20.8 Å². The largest absolute Gasteiger partial charge is 0.349 e. The van der Waals surface area contributed by atoms with Crippen molar-refractivity contribution < 1.29 is 4.79 Å². The second-order valence-corrected chi connectivity index (χ2v) is 5.22. The van der Waals surface area contributed by atoms with Crippen molar-refractivity contribution in [3.63, 3.8) is 0 Å². The second-order valence-electron chi connectivity index (χ2n) is 4.82. The lowest BCUT2D eigenvalue weighted by Gasteiger charge is -2.12. The van der Waals surface area contributed by atoms with Gasteiger partial charge < -0.3 is 10.6 Å². The number of benzene rings is 1. The van der Waals surface area contributed by atoms with E-state index in [2.05, 4.69) is 20.8 Å². The van der Waals surface area contributed by atoms with Crippen molar-refractivity contribution in [2.24, 2.45) is 0 Å². The van der Waals surface area contributed by atoms with Crippen LogP contribution in [0.1, 0.15) is 24.3 Å². The van der Waals surface area contributed by atoms with Crippen LogP contribution in [0.25, 0.3) is 11.3 Å². The van der Waals surface area contributed by atoms with E-state index in [4.69, 9.17) is 11.6 Å². The standard InChI is InChI=1S/C15H19ClN4O.ClH/c1-3-17-10(2)9-18-15(21)14-8-13(19-20-14)11-6-4-5-7-12(11)16;/h4-8,10,17H,3,9H2,1-2H3,(H,18,21)(H,19,20);1H/t10-;/m1./s1. The number of carbonyl (C=O) groups is 1. The molecule has 0 fully saturated rings. The Bertz CT molecular complexity index is 615. The van der Waals surface area contributed by atoms with Gasteiger partial charge in [-0.05, 0) is 25.6 Å². The molecule has 0 unspecified atom stereocenters. The fourth-order valence-corrected chi connectivity index (χ4v) is 2.24. The number of nitrogens with zero attached hydrogens (tertiary/aromatic N) is 1. The number of aromatic nitrogens is 2. The lowest BCUT2D eigenvalue weighted by molar-refractivity contribution is 0.0945. The van der Waals surface area contributed by atoms with Gasteiger partial charge in [-0.2, -0.15) is 5.10 Å². The summed E-state index contributed by atoms with van der Waals surface area (Å²) in [5.41, 5.74) is 1.88. The van der Waals surface area contributed by atoms with Crippen LogP contribution < -0.4 is 10.6 Å². The van der Waals surface area contributed by atoms with Crippen LogP contribution in [0.3, 0.4) is 0 Å². The molecule has 2 aromatic rings. The Morgan fingerprint density at radius 1 is 1.41 bits per heavy atom. The molecule has 0 aliphatic rings. The van der Waals surface area contributed by atoms with E-state index in [1.165, 1.54) is 0 Å². The molecule has 0 aliphatic carbocycles. The highest BCUT2D eigenvalue weighted by molar-refractivity contribution is 6.33. The maximum Gasteiger partial charge on any atom is 0.269 e. The first-order chi connectivity index (χ1) is 10.1. The Morgan fingerprint density at radius 2 is 2.14 bits per heavy atom. The Hall–Kier alpha value is -1.56. The maximum atomic E-state index is 12.0. The number of likely N-dealkylation sites (N-methyl/N-ethyl adjacent to an activating group) is 1. The summed E-state index contributed by atoms with van der Waals surface area (Å²) in [6.45, 7) is 5.49. The summed E-state index contributed by atoms with van der Waals surface area (Å²) in [5.74, 6) is -0.175. The van der Waals surface area contributed by atoms with Crippen molar-refractivity contribution in [3.8, 4) is 11.3 Å². The molecule has 1 aromatic carbocycles. The first-order valence-electron chi connectivity index (χ1n) is 6.93. The van der Waals surface area contributed by atoms with E-state index < -0.39 is 0 Å². The van der Waals surface area contributed by atoms with Gasteiger partial charge in [0.05, 0.1) is 10.7 Å². The zero-order valence-corrected chi connectivity index (χ0v) is 14.1. The average molecular weight is 343 g/mol. The van der Waals surface area contributed by atoms with E-state index in [0.29, 0.717) is 23.0 Å². The van der Waals surface area contributed by atoms with E-state index in [-0.39, 0.29) is 24.4 Å². The molecular formula is C15H20Cl2N4O. The van der Waals surface area contributed by atoms with Gasteiger partial charge in [0.2, 0.25) is 0 Å². The second kappa shape index (κ2) is 8.78. The molecule has 1 heterocycles. The molecule has 120 valence electrons. The van der Waals surface area contributed by atoms with Crippen LogP contribution in [-0.4, -0.2) is 35.2 Å². The van der Waals surface area contributed by atoms with Gasteiger partial charge in [-0.1, -0.05) is 36.7 Å². The molecule has 1 amide bonds. The Morgan fingerprint density at radius 3 is 2.82 bits per heavy atom. The smallest absolute Gasteiger partial charge is 0.269 e. The molecule has 1 atom stereocenters. The Balaban J connectivity index is 0.00000242. The van der Waals surface area contributed by atoms with Gasteiger partial charge in [-0.25, -0.2) is 0 Å². The van der Waals surface area contributed by atoms with Crippen molar-refractivity contribution in [2.45, 2.75) is 19.9 Å². The molecule has 5 nitrogen and oxygen atoms in total. The first-order valence-corrected chi connectivity index (χ1v) is 7.31. The van der Waals surface area contributed by atoms with Crippen LogP contribution in [0, 0.1) is 0 Å².